The summed E-state index contributed by atoms with van der Waals surface area (Å²) in [5.74, 6) is 0.728. The normalized spacial score (nSPS) is 14.9. The number of carbonyl (C=O) groups is 2. The average Bonchev–Trinajstić information content (AvgIpc) is 3.36. The van der Waals surface area contributed by atoms with Crippen LogP contribution in [0.15, 0.2) is 42.7 Å². The van der Waals surface area contributed by atoms with Crippen molar-refractivity contribution in [1.29, 1.82) is 0 Å². The van der Waals surface area contributed by atoms with Crippen molar-refractivity contribution in [2.45, 2.75) is 13.8 Å². The summed E-state index contributed by atoms with van der Waals surface area (Å²) in [5, 5.41) is 6.73. The number of aromatic nitrogens is 4. The number of hydrogen-bond acceptors (Lipinski definition) is 5. The van der Waals surface area contributed by atoms with Crippen molar-refractivity contribution >= 4 is 11.7 Å². The Bertz CT molecular complexity index is 1000. The summed E-state index contributed by atoms with van der Waals surface area (Å²) >= 11 is 0. The molecular weight excluding hydrogens is 368 g/mol. The Morgan fingerprint density at radius 1 is 1.07 bits per heavy atom. The van der Waals surface area contributed by atoms with Gasteiger partial charge >= 0.3 is 0 Å². The fraction of sp³-hybridized carbons (Fsp3) is 0.333. The van der Waals surface area contributed by atoms with Crippen LogP contribution in [0.3, 0.4) is 0 Å². The number of aromatic amines is 1. The van der Waals surface area contributed by atoms with Crippen molar-refractivity contribution in [1.82, 2.24) is 29.5 Å². The van der Waals surface area contributed by atoms with Gasteiger partial charge in [-0.1, -0.05) is 18.2 Å². The van der Waals surface area contributed by atoms with Gasteiger partial charge in [0.1, 0.15) is 6.33 Å². The van der Waals surface area contributed by atoms with Gasteiger partial charge < -0.3 is 4.90 Å². The van der Waals surface area contributed by atoms with Gasteiger partial charge in [0.15, 0.2) is 5.78 Å². The quantitative estimate of drug-likeness (QED) is 0.670. The van der Waals surface area contributed by atoms with E-state index in [9.17, 15) is 9.59 Å². The Hall–Kier alpha value is -3.26. The van der Waals surface area contributed by atoms with Gasteiger partial charge in [-0.15, -0.1) is 0 Å². The molecule has 3 aromatic rings. The van der Waals surface area contributed by atoms with E-state index in [0.29, 0.717) is 49.8 Å². The number of ketones is 1. The number of aryl methyl sites for hydroxylation is 1. The lowest BCUT2D eigenvalue weighted by Crippen LogP contribution is -2.49. The predicted octanol–water partition coefficient (Wildman–Crippen LogP) is 1.85. The Labute approximate surface area is 169 Å². The molecule has 0 saturated carbocycles. The minimum absolute atomic E-state index is 0.0483. The lowest BCUT2D eigenvalue weighted by Gasteiger charge is -2.34. The molecule has 0 radical (unpaired) electrons. The summed E-state index contributed by atoms with van der Waals surface area (Å²) < 4.78 is 1.90. The van der Waals surface area contributed by atoms with E-state index in [4.69, 9.17) is 0 Å². The number of rotatable bonds is 5. The molecule has 0 bridgehead atoms. The molecule has 0 aliphatic carbocycles. The molecule has 1 saturated heterocycles. The fourth-order valence-corrected chi connectivity index (χ4v) is 3.84. The van der Waals surface area contributed by atoms with E-state index < -0.39 is 0 Å². The van der Waals surface area contributed by atoms with Crippen LogP contribution in [0.2, 0.25) is 0 Å². The molecular formula is C21H24N6O2. The van der Waals surface area contributed by atoms with Gasteiger partial charge in [0.25, 0.3) is 5.91 Å². The third-order valence-corrected chi connectivity index (χ3v) is 5.39. The van der Waals surface area contributed by atoms with E-state index in [-0.39, 0.29) is 11.7 Å². The molecule has 3 heterocycles. The largest absolute Gasteiger partial charge is 0.336 e. The molecule has 1 aliphatic heterocycles. The number of nitrogens with one attached hydrogen (secondary N) is 1. The Kier molecular flexibility index (Phi) is 5.26. The smallest absolute Gasteiger partial charge is 0.253 e. The third kappa shape index (κ3) is 3.84. The molecule has 1 fully saturated rings. The molecule has 2 aromatic heterocycles. The van der Waals surface area contributed by atoms with Crippen LogP contribution in [0, 0.1) is 13.8 Å². The van der Waals surface area contributed by atoms with E-state index in [1.165, 1.54) is 6.33 Å². The second kappa shape index (κ2) is 8.00. The van der Waals surface area contributed by atoms with E-state index in [0.717, 1.165) is 11.4 Å². The first-order valence-electron chi connectivity index (χ1n) is 9.69. The average molecular weight is 392 g/mol. The third-order valence-electron chi connectivity index (χ3n) is 5.39. The van der Waals surface area contributed by atoms with Crippen molar-refractivity contribution in [3.8, 4) is 5.95 Å². The molecule has 0 spiro atoms. The minimum Gasteiger partial charge on any atom is -0.336 e. The summed E-state index contributed by atoms with van der Waals surface area (Å²) in [6, 6.07) is 11.2. The summed E-state index contributed by atoms with van der Waals surface area (Å²) in [6.45, 7) is 6.82. The van der Waals surface area contributed by atoms with Crippen molar-refractivity contribution in [3.05, 3.63) is 65.2 Å². The highest BCUT2D eigenvalue weighted by Crippen LogP contribution is 2.19. The molecule has 8 nitrogen and oxygen atoms in total. The number of hydrogen-bond donors (Lipinski definition) is 1. The van der Waals surface area contributed by atoms with Gasteiger partial charge in [0.2, 0.25) is 5.95 Å². The molecule has 1 aliphatic rings. The van der Waals surface area contributed by atoms with Crippen LogP contribution in [-0.4, -0.2) is 74.0 Å². The van der Waals surface area contributed by atoms with Crippen molar-refractivity contribution in [3.63, 3.8) is 0 Å². The summed E-state index contributed by atoms with van der Waals surface area (Å²) in [4.78, 5) is 33.6. The molecule has 1 aromatic carbocycles. The number of amides is 1. The first-order chi connectivity index (χ1) is 14.0. The van der Waals surface area contributed by atoms with Gasteiger partial charge in [-0.2, -0.15) is 10.1 Å². The maximum Gasteiger partial charge on any atom is 0.253 e. The minimum atomic E-state index is 0.0483. The SMILES string of the molecule is Cc1cc(C(=O)CN2CCN(C(=O)c3ccccc3)CC2)c(C)n1-c1ncn[nH]1. The van der Waals surface area contributed by atoms with E-state index in [2.05, 4.69) is 20.1 Å². The standard InChI is InChI=1S/C21H24N6O2/c1-15-12-18(16(2)27(15)21-22-14-23-24-21)19(28)13-25-8-10-26(11-9-25)20(29)17-6-4-3-5-7-17/h3-7,12,14H,8-11,13H2,1-2H3,(H,22,23,24). The zero-order valence-electron chi connectivity index (χ0n) is 16.6. The lowest BCUT2D eigenvalue weighted by molar-refractivity contribution is 0.0624. The summed E-state index contributed by atoms with van der Waals surface area (Å²) in [5.41, 5.74) is 3.18. The Balaban J connectivity index is 1.38. The predicted molar refractivity (Wildman–Crippen MR) is 108 cm³/mol. The van der Waals surface area contributed by atoms with Gasteiger partial charge in [-0.25, -0.2) is 5.10 Å². The highest BCUT2D eigenvalue weighted by atomic mass is 16.2. The van der Waals surface area contributed by atoms with Crippen LogP contribution in [-0.2, 0) is 0 Å². The van der Waals surface area contributed by atoms with Crippen LogP contribution in [0.4, 0.5) is 0 Å². The number of Topliss-reactive ketones (excluding diaryl/α,β-unsaturated/α-hetero) is 1. The fourth-order valence-electron chi connectivity index (χ4n) is 3.84. The van der Waals surface area contributed by atoms with E-state index in [1.54, 1.807) is 0 Å². The van der Waals surface area contributed by atoms with Gasteiger partial charge in [0, 0.05) is 48.7 Å². The highest BCUT2D eigenvalue weighted by molar-refractivity contribution is 5.99. The van der Waals surface area contributed by atoms with Gasteiger partial charge in [-0.05, 0) is 32.0 Å². The number of nitrogens with zero attached hydrogens (tertiary/aromatic N) is 5. The summed E-state index contributed by atoms with van der Waals surface area (Å²) in [7, 11) is 0. The molecule has 4 rings (SSSR count). The van der Waals surface area contributed by atoms with E-state index >= 15 is 0 Å². The molecule has 0 unspecified atom stereocenters. The van der Waals surface area contributed by atoms with Gasteiger partial charge in [-0.3, -0.25) is 19.1 Å². The van der Waals surface area contributed by atoms with Crippen LogP contribution in [0.5, 0.6) is 0 Å². The Morgan fingerprint density at radius 3 is 2.45 bits per heavy atom. The van der Waals surface area contributed by atoms with Crippen LogP contribution >= 0.6 is 0 Å². The number of piperazine rings is 1. The van der Waals surface area contributed by atoms with E-state index in [1.807, 2.05) is 59.7 Å². The zero-order valence-corrected chi connectivity index (χ0v) is 16.6. The number of carbonyl (C=O) groups excluding carboxylic acids is 2. The van der Waals surface area contributed by atoms with Crippen molar-refractivity contribution in [2.24, 2.45) is 0 Å². The molecule has 1 amide bonds. The topological polar surface area (TPSA) is 87.1 Å². The van der Waals surface area contributed by atoms with Crippen molar-refractivity contribution in [2.75, 3.05) is 32.7 Å². The molecule has 8 heteroatoms. The molecule has 29 heavy (non-hydrogen) atoms. The first-order valence-corrected chi connectivity index (χ1v) is 9.69. The van der Waals surface area contributed by atoms with Crippen LogP contribution in [0.25, 0.3) is 5.95 Å². The second-order valence-electron chi connectivity index (χ2n) is 7.29. The highest BCUT2D eigenvalue weighted by Gasteiger charge is 2.25. The maximum absolute atomic E-state index is 12.9. The second-order valence-corrected chi connectivity index (χ2v) is 7.29. The molecule has 0 atom stereocenters. The molecule has 1 N–H and O–H groups in total. The maximum atomic E-state index is 12.9. The first kappa shape index (κ1) is 19.1. The van der Waals surface area contributed by atoms with Crippen LogP contribution < -0.4 is 0 Å². The monoisotopic (exact) mass is 392 g/mol. The lowest BCUT2D eigenvalue weighted by atomic mass is 10.1. The Morgan fingerprint density at radius 2 is 1.79 bits per heavy atom. The van der Waals surface area contributed by atoms with Gasteiger partial charge in [0.05, 0.1) is 6.54 Å². The molecule has 150 valence electrons. The number of benzene rings is 1. The van der Waals surface area contributed by atoms with Crippen LogP contribution in [0.1, 0.15) is 32.1 Å². The van der Waals surface area contributed by atoms with Crippen molar-refractivity contribution < 1.29 is 9.59 Å². The summed E-state index contributed by atoms with van der Waals surface area (Å²) in [6.07, 6.45) is 1.45. The number of H-pyrrole nitrogens is 1. The zero-order chi connectivity index (χ0) is 20.4.